The van der Waals surface area contributed by atoms with Crippen LogP contribution in [-0.4, -0.2) is 84.6 Å². The first-order chi connectivity index (χ1) is 20.6. The van der Waals surface area contributed by atoms with Crippen LogP contribution in [0.4, 0.5) is 18.0 Å². The van der Waals surface area contributed by atoms with Crippen molar-refractivity contribution >= 4 is 23.0 Å². The Morgan fingerprint density at radius 3 is 2.34 bits per heavy atom. The largest absolute Gasteiger partial charge is 0.444 e. The zero-order chi connectivity index (χ0) is 31.9. The van der Waals surface area contributed by atoms with E-state index in [0.717, 1.165) is 16.5 Å². The van der Waals surface area contributed by atoms with E-state index in [-0.39, 0.29) is 61.3 Å². The Bertz CT molecular complexity index is 1550. The lowest BCUT2D eigenvalue weighted by atomic mass is 9.79. The number of piperidine rings is 2. The molecule has 2 aliphatic rings. The number of alkyl halides is 3. The fourth-order valence-corrected chi connectivity index (χ4v) is 6.17. The van der Waals surface area contributed by atoms with Crippen molar-refractivity contribution in [3.05, 3.63) is 64.8 Å². The predicted octanol–water partition coefficient (Wildman–Crippen LogP) is 4.15. The van der Waals surface area contributed by atoms with Crippen molar-refractivity contribution in [3.8, 4) is 0 Å². The Balaban J connectivity index is 1.26. The fourth-order valence-electron chi connectivity index (χ4n) is 6.17. The Kier molecular flexibility index (Phi) is 8.54. The molecule has 4 heterocycles. The van der Waals surface area contributed by atoms with Gasteiger partial charge in [-0.1, -0.05) is 30.3 Å². The topological polar surface area (TPSA) is 110 Å². The van der Waals surface area contributed by atoms with Crippen LogP contribution in [0.15, 0.2) is 53.7 Å². The van der Waals surface area contributed by atoms with E-state index in [4.69, 9.17) is 4.74 Å². The van der Waals surface area contributed by atoms with E-state index < -0.39 is 35.6 Å². The molecule has 238 valence electrons. The number of halogens is 3. The van der Waals surface area contributed by atoms with E-state index in [9.17, 15) is 32.7 Å². The molecule has 2 fully saturated rings. The Labute approximate surface area is 253 Å². The second-order valence-corrected chi connectivity index (χ2v) is 12.9. The quantitative estimate of drug-likeness (QED) is 0.461. The number of likely N-dealkylation sites (tertiary alicyclic amines) is 2. The number of benzene rings is 1. The minimum absolute atomic E-state index is 0.0395. The van der Waals surface area contributed by atoms with Gasteiger partial charge in [-0.15, -0.1) is 0 Å². The van der Waals surface area contributed by atoms with Gasteiger partial charge < -0.3 is 24.2 Å². The van der Waals surface area contributed by atoms with Gasteiger partial charge in [-0.05, 0) is 51.7 Å². The molecule has 10 nitrogen and oxygen atoms in total. The van der Waals surface area contributed by atoms with Crippen molar-refractivity contribution in [1.82, 2.24) is 23.9 Å². The summed E-state index contributed by atoms with van der Waals surface area (Å²) >= 11 is 0. The van der Waals surface area contributed by atoms with E-state index in [0.29, 0.717) is 19.5 Å². The normalized spacial score (nSPS) is 21.0. The van der Waals surface area contributed by atoms with Gasteiger partial charge in [0.15, 0.2) is 0 Å². The minimum Gasteiger partial charge on any atom is -0.444 e. The molecule has 0 saturated carbocycles. The lowest BCUT2D eigenvalue weighted by Crippen LogP contribution is -2.53. The van der Waals surface area contributed by atoms with Crippen LogP contribution in [-0.2, 0) is 22.6 Å². The predicted molar refractivity (Wildman–Crippen MR) is 156 cm³/mol. The minimum atomic E-state index is -4.46. The first kappa shape index (κ1) is 31.6. The second kappa shape index (κ2) is 11.9. The second-order valence-electron chi connectivity index (χ2n) is 12.9. The Morgan fingerprint density at radius 1 is 1.02 bits per heavy atom. The lowest BCUT2D eigenvalue weighted by Gasteiger charge is -2.43. The first-order valence-corrected chi connectivity index (χ1v) is 14.8. The number of amides is 2. The number of fused-ring (bicyclic) bond motifs is 1. The van der Waals surface area contributed by atoms with Gasteiger partial charge in [0, 0.05) is 44.2 Å². The number of hydrogen-bond donors (Lipinski definition) is 1. The van der Waals surface area contributed by atoms with Gasteiger partial charge in [-0.3, -0.25) is 14.2 Å². The molecule has 1 N–H and O–H groups in total. The molecule has 2 atom stereocenters. The van der Waals surface area contributed by atoms with E-state index in [2.05, 4.69) is 4.98 Å². The average molecular weight is 618 g/mol. The van der Waals surface area contributed by atoms with Crippen molar-refractivity contribution < 1.29 is 32.6 Å². The summed E-state index contributed by atoms with van der Waals surface area (Å²) in [4.78, 5) is 47.2. The van der Waals surface area contributed by atoms with Crippen LogP contribution in [0.2, 0.25) is 0 Å². The van der Waals surface area contributed by atoms with Crippen LogP contribution >= 0.6 is 0 Å². The molecule has 13 heteroatoms. The zero-order valence-electron chi connectivity index (χ0n) is 25.1. The number of rotatable bonds is 5. The van der Waals surface area contributed by atoms with Gasteiger partial charge >= 0.3 is 12.3 Å². The lowest BCUT2D eigenvalue weighted by molar-refractivity contribution is -0.142. The van der Waals surface area contributed by atoms with Crippen LogP contribution in [0.1, 0.15) is 51.5 Å². The highest BCUT2D eigenvalue weighted by Crippen LogP contribution is 2.36. The number of carbonyl (C=O) groups excluding carboxylic acids is 2. The number of hydrogen-bond acceptors (Lipinski definition) is 6. The molecule has 2 saturated heterocycles. The Morgan fingerprint density at radius 2 is 1.70 bits per heavy atom. The smallest absolute Gasteiger partial charge is 0.410 e. The number of nitrogens with zero attached hydrogens (tertiary/aromatic N) is 5. The van der Waals surface area contributed by atoms with Crippen molar-refractivity contribution in [1.29, 1.82) is 0 Å². The Hall–Kier alpha value is -3.87. The van der Waals surface area contributed by atoms with Gasteiger partial charge in [0.05, 0.1) is 17.5 Å². The molecule has 0 aliphatic carbocycles. The SMILES string of the molecule is CC(C)(C)OC(=O)N1CC[C@@H](C(=O)N2CCC(O)(Cn3cnc4c(ccn4CC(F)(F)F)c3=O)CC2)[C@H](c2ccccc2)C1. The number of carbonyl (C=O) groups is 2. The van der Waals surface area contributed by atoms with Crippen LogP contribution < -0.4 is 5.56 Å². The average Bonchev–Trinajstić information content (AvgIpc) is 3.35. The summed E-state index contributed by atoms with van der Waals surface area (Å²) in [5, 5.41) is 11.4. The van der Waals surface area contributed by atoms with Crippen LogP contribution in [0.3, 0.4) is 0 Å². The third-order valence-electron chi connectivity index (χ3n) is 8.37. The third kappa shape index (κ3) is 7.09. The maximum absolute atomic E-state index is 13.9. The summed E-state index contributed by atoms with van der Waals surface area (Å²) < 4.78 is 46.4. The molecular weight excluding hydrogens is 579 g/mol. The van der Waals surface area contributed by atoms with Gasteiger partial charge in [0.1, 0.15) is 24.1 Å². The van der Waals surface area contributed by atoms with E-state index in [1.807, 2.05) is 51.1 Å². The van der Waals surface area contributed by atoms with Gasteiger partial charge in [0.25, 0.3) is 5.56 Å². The highest BCUT2D eigenvalue weighted by atomic mass is 19.4. The molecule has 2 amide bonds. The summed E-state index contributed by atoms with van der Waals surface area (Å²) in [6, 6.07) is 10.9. The standard InChI is InChI=1S/C31H38F3N5O5/c1-29(2,3)44-28(42)37-13-9-22(24(17-37)21-7-5-4-6-8-21)26(40)36-15-11-30(43,12-16-36)18-39-20-35-25-23(27(39)41)10-14-38(25)19-31(32,33)34/h4-8,10,14,20,22,24,43H,9,11-13,15-19H2,1-3H3/t22-,24+/m1/s1. The fraction of sp³-hybridized carbons (Fsp3) is 0.548. The zero-order valence-corrected chi connectivity index (χ0v) is 25.1. The van der Waals surface area contributed by atoms with Crippen molar-refractivity contribution in [2.75, 3.05) is 26.2 Å². The van der Waals surface area contributed by atoms with Crippen LogP contribution in [0, 0.1) is 5.92 Å². The summed E-state index contributed by atoms with van der Waals surface area (Å²) in [6.45, 7) is 5.36. The van der Waals surface area contributed by atoms with Crippen molar-refractivity contribution in [2.24, 2.45) is 5.92 Å². The molecule has 3 aromatic rings. The molecule has 0 unspecified atom stereocenters. The summed E-state index contributed by atoms with van der Waals surface area (Å²) in [7, 11) is 0. The highest BCUT2D eigenvalue weighted by molar-refractivity contribution is 5.81. The summed E-state index contributed by atoms with van der Waals surface area (Å²) in [5.41, 5.74) is -1.59. The van der Waals surface area contributed by atoms with E-state index in [1.54, 1.807) is 9.80 Å². The molecule has 0 bridgehead atoms. The van der Waals surface area contributed by atoms with Gasteiger partial charge in [0.2, 0.25) is 5.91 Å². The number of aliphatic hydroxyl groups is 1. The van der Waals surface area contributed by atoms with Crippen LogP contribution in [0.25, 0.3) is 11.0 Å². The van der Waals surface area contributed by atoms with Gasteiger partial charge in [-0.25, -0.2) is 9.78 Å². The first-order valence-electron chi connectivity index (χ1n) is 14.8. The summed E-state index contributed by atoms with van der Waals surface area (Å²) in [6.07, 6.45) is -1.64. The monoisotopic (exact) mass is 617 g/mol. The van der Waals surface area contributed by atoms with Gasteiger partial charge in [-0.2, -0.15) is 13.2 Å². The molecule has 44 heavy (non-hydrogen) atoms. The molecule has 0 spiro atoms. The van der Waals surface area contributed by atoms with E-state index >= 15 is 0 Å². The highest BCUT2D eigenvalue weighted by Gasteiger charge is 2.42. The molecule has 1 aromatic carbocycles. The number of aromatic nitrogens is 3. The molecule has 5 rings (SSSR count). The van der Waals surface area contributed by atoms with Crippen molar-refractivity contribution in [2.45, 2.75) is 76.4 Å². The maximum Gasteiger partial charge on any atom is 0.410 e. The third-order valence-corrected chi connectivity index (χ3v) is 8.37. The molecule has 0 radical (unpaired) electrons. The molecule has 2 aliphatic heterocycles. The van der Waals surface area contributed by atoms with Crippen molar-refractivity contribution in [3.63, 3.8) is 0 Å². The number of ether oxygens (including phenoxy) is 1. The van der Waals surface area contributed by atoms with E-state index in [1.165, 1.54) is 16.8 Å². The molecule has 2 aromatic heterocycles. The summed E-state index contributed by atoms with van der Waals surface area (Å²) in [5.74, 6) is -0.639. The van der Waals surface area contributed by atoms with Crippen LogP contribution in [0.5, 0.6) is 0 Å². The maximum atomic E-state index is 13.9. The molecular formula is C31H38F3N5O5.